The minimum Gasteiger partial charge on any atom is -0.462 e. The van der Waals surface area contributed by atoms with Gasteiger partial charge in [-0.05, 0) is 45.0 Å². The molecule has 0 fully saturated rings. The van der Waals surface area contributed by atoms with E-state index in [1.807, 2.05) is 32.9 Å². The van der Waals surface area contributed by atoms with Gasteiger partial charge in [0.25, 0.3) is 5.56 Å². The van der Waals surface area contributed by atoms with Gasteiger partial charge < -0.3 is 20.8 Å². The molecule has 9 heteroatoms. The number of carbonyl (C=O) groups excluding carboxylic acids is 1. The summed E-state index contributed by atoms with van der Waals surface area (Å²) in [6.07, 6.45) is 1.71. The monoisotopic (exact) mass is 443 g/mol. The lowest BCUT2D eigenvalue weighted by molar-refractivity contribution is 0.0525. The largest absolute Gasteiger partial charge is 0.462 e. The lowest BCUT2D eigenvalue weighted by atomic mass is 10.1. The zero-order chi connectivity index (χ0) is 23.0. The van der Waals surface area contributed by atoms with E-state index in [0.717, 1.165) is 22.9 Å². The van der Waals surface area contributed by atoms with Crippen molar-refractivity contribution in [1.29, 1.82) is 0 Å². The highest BCUT2D eigenvalue weighted by Crippen LogP contribution is 2.29. The minimum atomic E-state index is -0.465. The first-order chi connectivity index (χ1) is 14.8. The van der Waals surface area contributed by atoms with Gasteiger partial charge in [0.15, 0.2) is 0 Å². The predicted molar refractivity (Wildman–Crippen MR) is 126 cm³/mol. The fourth-order valence-corrected chi connectivity index (χ4v) is 3.42. The second-order valence-electron chi connectivity index (χ2n) is 7.01. The molecule has 3 heterocycles. The number of nitrogens with two attached hydrogens (primary N) is 1. The van der Waals surface area contributed by atoms with E-state index < -0.39 is 5.97 Å². The number of pyridine rings is 2. The molecular formula is C22H29N5O3S. The number of ether oxygens (including phenoxy) is 1. The van der Waals surface area contributed by atoms with Gasteiger partial charge in [-0.2, -0.15) is 0 Å². The second kappa shape index (κ2) is 11.4. The summed E-state index contributed by atoms with van der Waals surface area (Å²) in [6, 6.07) is 5.66. The Morgan fingerprint density at radius 2 is 2.03 bits per heavy atom. The van der Waals surface area contributed by atoms with Gasteiger partial charge in [0.05, 0.1) is 23.4 Å². The van der Waals surface area contributed by atoms with Crippen molar-refractivity contribution in [3.05, 3.63) is 51.4 Å². The standard InChI is InChI=1S/C19H20N4O3S.C3H9N/c1-4-20-16-8-12(6-7-21-16)18-23-15(10-27-18)14-9-13(19(25)26-5-2)11(3)22-17(14)24;1-3(2)4/h6-10H,4-5H2,1-3H3,(H,20,21)(H,22,24);3H,4H2,1-2H3. The molecule has 8 nitrogen and oxygen atoms in total. The van der Waals surface area contributed by atoms with Crippen LogP contribution in [0.4, 0.5) is 5.82 Å². The van der Waals surface area contributed by atoms with E-state index >= 15 is 0 Å². The smallest absolute Gasteiger partial charge is 0.339 e. The van der Waals surface area contributed by atoms with Gasteiger partial charge in [0, 0.05) is 29.4 Å². The van der Waals surface area contributed by atoms with Gasteiger partial charge in [-0.15, -0.1) is 11.3 Å². The van der Waals surface area contributed by atoms with Crippen LogP contribution in [0.1, 0.15) is 43.7 Å². The highest BCUT2D eigenvalue weighted by Gasteiger charge is 2.17. The molecule has 0 aliphatic rings. The molecule has 0 bridgehead atoms. The van der Waals surface area contributed by atoms with Crippen molar-refractivity contribution in [2.24, 2.45) is 5.73 Å². The first kappa shape index (κ1) is 24.2. The average molecular weight is 444 g/mol. The van der Waals surface area contributed by atoms with E-state index in [1.165, 1.54) is 11.3 Å². The fraction of sp³-hybridized carbons (Fsp3) is 0.364. The molecule has 0 saturated heterocycles. The average Bonchev–Trinajstić information content (AvgIpc) is 3.18. The number of aryl methyl sites for hydroxylation is 1. The zero-order valence-corrected chi connectivity index (χ0v) is 19.3. The molecule has 0 unspecified atom stereocenters. The molecule has 0 atom stereocenters. The third kappa shape index (κ3) is 6.73. The highest BCUT2D eigenvalue weighted by atomic mass is 32.1. The number of nitrogens with one attached hydrogen (secondary N) is 2. The molecule has 4 N–H and O–H groups in total. The molecule has 0 aliphatic carbocycles. The van der Waals surface area contributed by atoms with Crippen LogP contribution in [0, 0.1) is 6.92 Å². The van der Waals surface area contributed by atoms with Gasteiger partial charge in [0.1, 0.15) is 10.8 Å². The van der Waals surface area contributed by atoms with Gasteiger partial charge >= 0.3 is 5.97 Å². The summed E-state index contributed by atoms with van der Waals surface area (Å²) < 4.78 is 5.06. The Balaban J connectivity index is 0.000000785. The Morgan fingerprint density at radius 1 is 1.32 bits per heavy atom. The Bertz CT molecular complexity index is 1070. The first-order valence-corrected chi connectivity index (χ1v) is 11.0. The Labute approximate surface area is 185 Å². The number of hydrogen-bond acceptors (Lipinski definition) is 8. The van der Waals surface area contributed by atoms with E-state index in [1.54, 1.807) is 31.5 Å². The lowest BCUT2D eigenvalue weighted by Gasteiger charge is -2.07. The van der Waals surface area contributed by atoms with Crippen LogP contribution < -0.4 is 16.6 Å². The number of esters is 1. The predicted octanol–water partition coefficient (Wildman–Crippen LogP) is 3.83. The molecule has 0 amide bonds. The number of thiazole rings is 1. The molecule has 0 aliphatic heterocycles. The van der Waals surface area contributed by atoms with Gasteiger partial charge in [-0.3, -0.25) is 4.79 Å². The highest BCUT2D eigenvalue weighted by molar-refractivity contribution is 7.13. The fourth-order valence-electron chi connectivity index (χ4n) is 2.61. The summed E-state index contributed by atoms with van der Waals surface area (Å²) in [5.41, 5.74) is 7.39. The van der Waals surface area contributed by atoms with E-state index in [0.29, 0.717) is 28.6 Å². The zero-order valence-electron chi connectivity index (χ0n) is 18.5. The van der Waals surface area contributed by atoms with Crippen molar-refractivity contribution in [3.63, 3.8) is 0 Å². The molecule has 0 saturated carbocycles. The molecule has 166 valence electrons. The lowest BCUT2D eigenvalue weighted by Crippen LogP contribution is -2.16. The van der Waals surface area contributed by atoms with E-state index in [9.17, 15) is 9.59 Å². The Morgan fingerprint density at radius 3 is 2.68 bits per heavy atom. The number of H-pyrrole nitrogens is 1. The summed E-state index contributed by atoms with van der Waals surface area (Å²) in [7, 11) is 0. The molecule has 0 spiro atoms. The van der Waals surface area contributed by atoms with Crippen LogP contribution >= 0.6 is 11.3 Å². The van der Waals surface area contributed by atoms with Crippen molar-refractivity contribution in [2.45, 2.75) is 40.7 Å². The number of hydrogen-bond donors (Lipinski definition) is 3. The van der Waals surface area contributed by atoms with E-state index in [4.69, 9.17) is 10.5 Å². The number of aromatic nitrogens is 3. The number of aromatic amines is 1. The van der Waals surface area contributed by atoms with Gasteiger partial charge in [0.2, 0.25) is 0 Å². The molecule has 3 rings (SSSR count). The maximum absolute atomic E-state index is 12.4. The van der Waals surface area contributed by atoms with Crippen LogP contribution in [-0.2, 0) is 4.74 Å². The summed E-state index contributed by atoms with van der Waals surface area (Å²) >= 11 is 1.43. The number of anilines is 1. The van der Waals surface area contributed by atoms with Crippen molar-refractivity contribution in [1.82, 2.24) is 15.0 Å². The summed E-state index contributed by atoms with van der Waals surface area (Å²) in [6.45, 7) is 10.3. The van der Waals surface area contributed by atoms with Crippen LogP contribution in [0.2, 0.25) is 0 Å². The van der Waals surface area contributed by atoms with Crippen molar-refractivity contribution in [3.8, 4) is 21.8 Å². The molecule has 3 aromatic heterocycles. The first-order valence-electron chi connectivity index (χ1n) is 10.1. The summed E-state index contributed by atoms with van der Waals surface area (Å²) in [5.74, 6) is 0.303. The maximum Gasteiger partial charge on any atom is 0.339 e. The van der Waals surface area contributed by atoms with Crippen LogP contribution in [0.3, 0.4) is 0 Å². The summed E-state index contributed by atoms with van der Waals surface area (Å²) in [5, 5.41) is 5.73. The van der Waals surface area contributed by atoms with Crippen LogP contribution in [0.25, 0.3) is 21.8 Å². The van der Waals surface area contributed by atoms with E-state index in [-0.39, 0.29) is 12.2 Å². The number of carbonyl (C=O) groups is 1. The van der Waals surface area contributed by atoms with Gasteiger partial charge in [-0.25, -0.2) is 14.8 Å². The molecular weight excluding hydrogens is 414 g/mol. The third-order valence-electron chi connectivity index (χ3n) is 3.88. The molecule has 0 aromatic carbocycles. The summed E-state index contributed by atoms with van der Waals surface area (Å²) in [4.78, 5) is 36.0. The normalized spacial score (nSPS) is 10.4. The van der Waals surface area contributed by atoms with Crippen LogP contribution in [-0.4, -0.2) is 40.1 Å². The van der Waals surface area contributed by atoms with Crippen LogP contribution in [0.5, 0.6) is 0 Å². The Kier molecular flexibility index (Phi) is 8.89. The number of rotatable bonds is 6. The van der Waals surface area contributed by atoms with Crippen molar-refractivity contribution in [2.75, 3.05) is 18.5 Å². The number of nitrogens with zero attached hydrogens (tertiary/aromatic N) is 2. The SMILES string of the molecule is CC(C)N.CCNc1cc(-c2nc(-c3cc(C(=O)OCC)c(C)[nH]c3=O)cs2)ccn1. The van der Waals surface area contributed by atoms with Crippen molar-refractivity contribution >= 4 is 23.1 Å². The molecule has 31 heavy (non-hydrogen) atoms. The van der Waals surface area contributed by atoms with Crippen molar-refractivity contribution < 1.29 is 9.53 Å². The second-order valence-corrected chi connectivity index (χ2v) is 7.87. The van der Waals surface area contributed by atoms with Gasteiger partial charge in [-0.1, -0.05) is 13.8 Å². The quantitative estimate of drug-likeness (QED) is 0.495. The van der Waals surface area contributed by atoms with Crippen LogP contribution in [0.15, 0.2) is 34.6 Å². The molecule has 0 radical (unpaired) electrons. The maximum atomic E-state index is 12.4. The van der Waals surface area contributed by atoms with E-state index in [2.05, 4.69) is 20.3 Å². The molecule has 3 aromatic rings. The third-order valence-corrected chi connectivity index (χ3v) is 4.77. The topological polar surface area (TPSA) is 123 Å². The minimum absolute atomic E-state index is 0.268. The Hall–Kier alpha value is -3.04.